The van der Waals surface area contributed by atoms with Crippen molar-refractivity contribution in [2.45, 2.75) is 13.5 Å². The number of allylic oxidation sites excluding steroid dienone is 1. The van der Waals surface area contributed by atoms with Crippen LogP contribution in [0.2, 0.25) is 0 Å². The van der Waals surface area contributed by atoms with E-state index in [-0.39, 0.29) is 0 Å². The molecule has 0 spiro atoms. The number of rotatable bonds is 7. The third-order valence-corrected chi connectivity index (χ3v) is 4.14. The molecule has 1 heterocycles. The summed E-state index contributed by atoms with van der Waals surface area (Å²) in [6.07, 6.45) is 5.82. The third kappa shape index (κ3) is 7.22. The summed E-state index contributed by atoms with van der Waals surface area (Å²) < 4.78 is 57.1. The predicted octanol–water partition coefficient (Wildman–Crippen LogP) is 4.42. The Hall–Kier alpha value is -2.56. The van der Waals surface area contributed by atoms with E-state index in [0.717, 1.165) is 15.6 Å². The number of nitrogens with zero attached hydrogens (tertiary/aromatic N) is 2. The second kappa shape index (κ2) is 10.7. The van der Waals surface area contributed by atoms with Crippen LogP contribution in [-0.2, 0) is 6.54 Å². The van der Waals surface area contributed by atoms with E-state index in [1.165, 1.54) is 0 Å². The Balaban J connectivity index is 0.000000696. The molecular formula is C17H21BF4N2O3S. The van der Waals surface area contributed by atoms with Gasteiger partial charge in [0, 0.05) is 16.7 Å². The Labute approximate surface area is 165 Å². The molecule has 0 saturated heterocycles. The van der Waals surface area contributed by atoms with Crippen LogP contribution in [0, 0.1) is 6.92 Å². The van der Waals surface area contributed by atoms with Crippen molar-refractivity contribution in [1.82, 2.24) is 5.10 Å². The maximum atomic E-state index is 9.75. The van der Waals surface area contributed by atoms with Gasteiger partial charge in [-0.05, 0) is 42.5 Å². The lowest BCUT2D eigenvalue weighted by Gasteiger charge is -2.13. The molecule has 0 atom stereocenters. The van der Waals surface area contributed by atoms with Crippen LogP contribution in [0.15, 0.2) is 24.8 Å². The Bertz CT molecular complexity index is 819. The summed E-state index contributed by atoms with van der Waals surface area (Å²) in [6, 6.07) is 3.79. The molecule has 0 radical (unpaired) electrons. The van der Waals surface area contributed by atoms with Crippen LogP contribution in [0.25, 0.3) is 12.2 Å². The van der Waals surface area contributed by atoms with Crippen molar-refractivity contribution in [1.29, 1.82) is 0 Å². The molecule has 0 unspecified atom stereocenters. The molecule has 0 fully saturated rings. The highest BCUT2D eigenvalue weighted by Gasteiger charge is 2.20. The molecule has 0 amide bonds. The molecule has 2 rings (SSSR count). The summed E-state index contributed by atoms with van der Waals surface area (Å²) in [6.45, 7) is 6.42. The Morgan fingerprint density at radius 2 is 1.68 bits per heavy atom. The second-order valence-corrected chi connectivity index (χ2v) is 6.40. The van der Waals surface area contributed by atoms with Gasteiger partial charge in [0.1, 0.15) is 0 Å². The number of aryl methyl sites for hydroxylation is 1. The van der Waals surface area contributed by atoms with Gasteiger partial charge < -0.3 is 31.5 Å². The van der Waals surface area contributed by atoms with Gasteiger partial charge in [-0.25, -0.2) is 0 Å². The van der Waals surface area contributed by atoms with Crippen molar-refractivity contribution in [3.8, 4) is 17.2 Å². The first-order valence-electron chi connectivity index (χ1n) is 7.97. The smallest absolute Gasteiger partial charge is 0.493 e. The van der Waals surface area contributed by atoms with Crippen LogP contribution in [0.3, 0.4) is 0 Å². The fourth-order valence-corrected chi connectivity index (χ4v) is 3.03. The molecule has 154 valence electrons. The fourth-order valence-electron chi connectivity index (χ4n) is 2.23. The van der Waals surface area contributed by atoms with Crippen molar-refractivity contribution in [3.05, 3.63) is 40.4 Å². The zero-order valence-electron chi connectivity index (χ0n) is 15.9. The van der Waals surface area contributed by atoms with Crippen molar-refractivity contribution < 1.29 is 36.2 Å². The van der Waals surface area contributed by atoms with Gasteiger partial charge in [0.25, 0.3) is 5.01 Å². The highest BCUT2D eigenvalue weighted by atomic mass is 32.1. The van der Waals surface area contributed by atoms with Crippen LogP contribution in [0.5, 0.6) is 17.2 Å². The minimum Gasteiger partial charge on any atom is -0.493 e. The fraction of sp³-hybridized carbons (Fsp3) is 0.294. The molecule has 0 saturated carbocycles. The molecule has 0 N–H and O–H groups in total. The minimum atomic E-state index is -6.00. The summed E-state index contributed by atoms with van der Waals surface area (Å²) in [5.41, 5.74) is 0.904. The third-order valence-electron chi connectivity index (χ3n) is 3.21. The average Bonchev–Trinajstić information content (AvgIpc) is 2.97. The van der Waals surface area contributed by atoms with Crippen LogP contribution in [0.4, 0.5) is 17.3 Å². The van der Waals surface area contributed by atoms with Crippen LogP contribution >= 0.6 is 11.3 Å². The zero-order chi connectivity index (χ0) is 21.3. The number of hydrogen-bond donors (Lipinski definition) is 0. The monoisotopic (exact) mass is 420 g/mol. The van der Waals surface area contributed by atoms with E-state index in [1.807, 2.05) is 42.0 Å². The summed E-state index contributed by atoms with van der Waals surface area (Å²) in [4.78, 5) is 0. The molecule has 0 aliphatic heterocycles. The maximum Gasteiger partial charge on any atom is 0.673 e. The Kier molecular flexibility index (Phi) is 8.97. The van der Waals surface area contributed by atoms with E-state index in [9.17, 15) is 17.3 Å². The molecule has 2 aromatic rings. The van der Waals surface area contributed by atoms with E-state index in [0.29, 0.717) is 23.8 Å². The highest BCUT2D eigenvalue weighted by molar-refractivity contribution is 7.11. The van der Waals surface area contributed by atoms with Gasteiger partial charge in [0.05, 0.1) is 21.3 Å². The van der Waals surface area contributed by atoms with Crippen LogP contribution in [0.1, 0.15) is 15.6 Å². The van der Waals surface area contributed by atoms with E-state index in [1.54, 1.807) is 32.7 Å². The second-order valence-electron chi connectivity index (χ2n) is 5.18. The number of benzene rings is 1. The largest absolute Gasteiger partial charge is 0.673 e. The molecule has 1 aromatic carbocycles. The maximum absolute atomic E-state index is 9.75. The van der Waals surface area contributed by atoms with Gasteiger partial charge in [-0.3, -0.25) is 0 Å². The first kappa shape index (κ1) is 23.5. The van der Waals surface area contributed by atoms with E-state index in [4.69, 9.17) is 14.2 Å². The first-order valence-corrected chi connectivity index (χ1v) is 8.79. The number of hydrogen-bond acceptors (Lipinski definition) is 5. The summed E-state index contributed by atoms with van der Waals surface area (Å²) in [5, 5.41) is 6.50. The van der Waals surface area contributed by atoms with Crippen LogP contribution in [-0.4, -0.2) is 33.7 Å². The Morgan fingerprint density at radius 1 is 1.07 bits per heavy atom. The molecular weight excluding hydrogens is 399 g/mol. The van der Waals surface area contributed by atoms with Gasteiger partial charge in [-0.15, -0.1) is 0 Å². The molecule has 0 bridgehead atoms. The van der Waals surface area contributed by atoms with Gasteiger partial charge in [0.15, 0.2) is 23.1 Å². The van der Waals surface area contributed by atoms with Crippen molar-refractivity contribution in [2.75, 3.05) is 21.3 Å². The number of ether oxygens (including phenoxy) is 3. The molecule has 0 aliphatic rings. The normalized spacial score (nSPS) is 11.0. The van der Waals surface area contributed by atoms with E-state index in [2.05, 4.69) is 11.7 Å². The van der Waals surface area contributed by atoms with Gasteiger partial charge in [0.2, 0.25) is 5.75 Å². The van der Waals surface area contributed by atoms with E-state index < -0.39 is 7.25 Å². The lowest BCUT2D eigenvalue weighted by Crippen LogP contribution is -2.37. The number of halogens is 4. The minimum absolute atomic E-state index is 0.580. The summed E-state index contributed by atoms with van der Waals surface area (Å²) in [7, 11) is -1.19. The quantitative estimate of drug-likeness (QED) is 0.288. The lowest BCUT2D eigenvalue weighted by molar-refractivity contribution is -0.741. The topological polar surface area (TPSA) is 44.5 Å². The molecule has 5 nitrogen and oxygen atoms in total. The van der Waals surface area contributed by atoms with Crippen molar-refractivity contribution in [2.24, 2.45) is 0 Å². The Morgan fingerprint density at radius 3 is 2.18 bits per heavy atom. The number of methoxy groups -OCH3 is 3. The highest BCUT2D eigenvalue weighted by Crippen LogP contribution is 2.40. The van der Waals surface area contributed by atoms with Gasteiger partial charge in [-0.2, -0.15) is 0 Å². The van der Waals surface area contributed by atoms with Crippen molar-refractivity contribution in [3.63, 3.8) is 0 Å². The van der Waals surface area contributed by atoms with Crippen LogP contribution < -0.4 is 18.9 Å². The SMILES string of the molecule is C=CC[n+]1nc(C)sc1C=Cc1ccc(OC)c(OC)c1OC.F[B-](F)(F)F. The molecule has 1 aromatic heterocycles. The molecule has 28 heavy (non-hydrogen) atoms. The lowest BCUT2D eigenvalue weighted by atomic mass is 10.1. The molecule has 11 heteroatoms. The first-order chi connectivity index (χ1) is 13.1. The standard InChI is InChI=1S/C17H21N2O3S.BF4/c1-6-11-19-15(23-12(2)18-19)10-8-13-7-9-14(20-3)17(22-5)16(13)21-4;2-1(3,4)5/h6-10H,1,11H2,2-5H3;/q+1;-1. The number of aromatic nitrogens is 2. The van der Waals surface area contributed by atoms with E-state index >= 15 is 0 Å². The zero-order valence-corrected chi connectivity index (χ0v) is 16.7. The van der Waals surface area contributed by atoms with Crippen molar-refractivity contribution >= 4 is 30.7 Å². The summed E-state index contributed by atoms with van der Waals surface area (Å²) >= 11 is 1.63. The van der Waals surface area contributed by atoms with Gasteiger partial charge >= 0.3 is 7.25 Å². The molecule has 0 aliphatic carbocycles. The van der Waals surface area contributed by atoms with Gasteiger partial charge in [-0.1, -0.05) is 11.3 Å². The predicted molar refractivity (Wildman–Crippen MR) is 102 cm³/mol. The average molecular weight is 420 g/mol. The summed E-state index contributed by atoms with van der Waals surface area (Å²) in [5.74, 6) is 1.85.